The van der Waals surface area contributed by atoms with Crippen LogP contribution in [0.5, 0.6) is 0 Å². The third-order valence-electron chi connectivity index (χ3n) is 4.76. The molecule has 3 aliphatic heterocycles. The largest absolute Gasteiger partial charge is 0.463 e. The van der Waals surface area contributed by atoms with Gasteiger partial charge in [0.1, 0.15) is 11.8 Å². The first-order chi connectivity index (χ1) is 10.2. The third kappa shape index (κ3) is 3.45. The van der Waals surface area contributed by atoms with Crippen LogP contribution in [0.4, 0.5) is 0 Å². The minimum Gasteiger partial charge on any atom is -0.463 e. The van der Waals surface area contributed by atoms with Crippen molar-refractivity contribution in [2.45, 2.75) is 18.9 Å². The van der Waals surface area contributed by atoms with Crippen LogP contribution in [-0.2, 0) is 0 Å². The van der Waals surface area contributed by atoms with Gasteiger partial charge in [0.15, 0.2) is 0 Å². The molecule has 0 saturated carbocycles. The van der Waals surface area contributed by atoms with Crippen molar-refractivity contribution in [2.24, 2.45) is 5.92 Å². The summed E-state index contributed by atoms with van der Waals surface area (Å²) in [5.41, 5.74) is 1.35. The molecule has 5 rings (SSSR count). The Morgan fingerprint density at radius 3 is 2.65 bits per heavy atom. The predicted octanol–water partition coefficient (Wildman–Crippen LogP) is 3.75. The molecule has 3 saturated heterocycles. The molecule has 0 aliphatic carbocycles. The molecule has 2 aromatic rings. The predicted molar refractivity (Wildman–Crippen MR) is 96.1 cm³/mol. The smallest absolute Gasteiger partial charge is 0.251 e. The summed E-state index contributed by atoms with van der Waals surface area (Å²) < 4.78 is 5.30. The van der Waals surface area contributed by atoms with Crippen LogP contribution in [-0.4, -0.2) is 36.5 Å². The van der Waals surface area contributed by atoms with Crippen LogP contribution in [0.2, 0.25) is 5.02 Å². The van der Waals surface area contributed by atoms with E-state index in [4.69, 9.17) is 16.0 Å². The van der Waals surface area contributed by atoms with Crippen molar-refractivity contribution in [3.8, 4) is 0 Å². The van der Waals surface area contributed by atoms with Crippen LogP contribution >= 0.6 is 36.4 Å². The fraction of sp³-hybridized carbons (Fsp3) is 0.438. The molecule has 4 nitrogen and oxygen atoms in total. The monoisotopic (exact) mass is 376 g/mol. The van der Waals surface area contributed by atoms with E-state index in [0.29, 0.717) is 22.1 Å². The van der Waals surface area contributed by atoms with E-state index in [1.807, 2.05) is 0 Å². The lowest BCUT2D eigenvalue weighted by Crippen LogP contribution is -2.57. The van der Waals surface area contributed by atoms with E-state index in [-0.39, 0.29) is 36.8 Å². The summed E-state index contributed by atoms with van der Waals surface area (Å²) in [4.78, 5) is 14.9. The van der Waals surface area contributed by atoms with Crippen molar-refractivity contribution < 1.29 is 9.21 Å². The number of fused-ring (bicyclic) bond motifs is 4. The molecule has 1 atom stereocenters. The molecule has 1 N–H and O–H groups in total. The zero-order valence-electron chi connectivity index (χ0n) is 12.5. The maximum absolute atomic E-state index is 12.5. The highest BCUT2D eigenvalue weighted by molar-refractivity contribution is 6.35. The molecule has 2 bridgehead atoms. The van der Waals surface area contributed by atoms with Gasteiger partial charge in [0, 0.05) is 23.5 Å². The summed E-state index contributed by atoms with van der Waals surface area (Å²) in [7, 11) is 0. The van der Waals surface area contributed by atoms with E-state index in [2.05, 4.69) is 10.2 Å². The van der Waals surface area contributed by atoms with Crippen LogP contribution in [0.15, 0.2) is 28.9 Å². The molecule has 3 fully saturated rings. The lowest BCUT2D eigenvalue weighted by atomic mass is 9.84. The molecule has 3 aliphatic rings. The number of benzene rings is 1. The molecule has 23 heavy (non-hydrogen) atoms. The van der Waals surface area contributed by atoms with Gasteiger partial charge >= 0.3 is 0 Å². The second kappa shape index (κ2) is 7.31. The number of piperidine rings is 3. The quantitative estimate of drug-likeness (QED) is 0.867. The molecule has 0 unspecified atom stereocenters. The maximum Gasteiger partial charge on any atom is 0.251 e. The van der Waals surface area contributed by atoms with E-state index in [1.54, 1.807) is 18.2 Å². The summed E-state index contributed by atoms with van der Waals surface area (Å²) in [6.07, 6.45) is 3.89. The SMILES string of the molecule is Cl.Cl.O=C(N[C@H]1CN2CCC1CC2)c1ccc2occ(Cl)c2c1. The van der Waals surface area contributed by atoms with Crippen molar-refractivity contribution >= 4 is 53.3 Å². The number of carbonyl (C=O) groups is 1. The highest BCUT2D eigenvalue weighted by Crippen LogP contribution is 2.29. The summed E-state index contributed by atoms with van der Waals surface area (Å²) >= 11 is 6.06. The highest BCUT2D eigenvalue weighted by atomic mass is 35.5. The Morgan fingerprint density at radius 2 is 2.00 bits per heavy atom. The van der Waals surface area contributed by atoms with Gasteiger partial charge in [-0.15, -0.1) is 24.8 Å². The lowest BCUT2D eigenvalue weighted by molar-refractivity contribution is 0.0620. The van der Waals surface area contributed by atoms with Gasteiger partial charge in [-0.25, -0.2) is 0 Å². The van der Waals surface area contributed by atoms with Gasteiger partial charge in [-0.05, 0) is 50.0 Å². The van der Waals surface area contributed by atoms with E-state index in [9.17, 15) is 4.79 Å². The van der Waals surface area contributed by atoms with Crippen molar-refractivity contribution in [1.82, 2.24) is 10.2 Å². The molecule has 0 radical (unpaired) electrons. The van der Waals surface area contributed by atoms with Crippen molar-refractivity contribution in [3.63, 3.8) is 0 Å². The number of furan rings is 1. The molecule has 4 heterocycles. The summed E-state index contributed by atoms with van der Waals surface area (Å²) in [6.45, 7) is 3.33. The van der Waals surface area contributed by atoms with Gasteiger partial charge in [0.05, 0.1) is 5.02 Å². The number of amides is 1. The van der Waals surface area contributed by atoms with Gasteiger partial charge in [0.2, 0.25) is 0 Å². The standard InChI is InChI=1S/C16H17ClN2O2.2ClH/c17-13-9-21-15-2-1-11(7-12(13)15)16(20)18-14-8-19-5-3-10(14)4-6-19;;/h1-2,7,9-10,14H,3-6,8H2,(H,18,20);2*1H/t14-;;/m0../s1. The number of hydrogen-bond acceptors (Lipinski definition) is 3. The van der Waals surface area contributed by atoms with Crippen LogP contribution < -0.4 is 5.32 Å². The van der Waals surface area contributed by atoms with E-state index in [1.165, 1.54) is 32.2 Å². The van der Waals surface area contributed by atoms with Crippen molar-refractivity contribution in [2.75, 3.05) is 19.6 Å². The van der Waals surface area contributed by atoms with Gasteiger partial charge in [0.25, 0.3) is 5.91 Å². The zero-order valence-corrected chi connectivity index (χ0v) is 14.8. The first-order valence-electron chi connectivity index (χ1n) is 7.41. The average Bonchev–Trinajstić information content (AvgIpc) is 2.89. The van der Waals surface area contributed by atoms with Crippen molar-refractivity contribution in [3.05, 3.63) is 35.0 Å². The van der Waals surface area contributed by atoms with Gasteiger partial charge < -0.3 is 14.6 Å². The molecule has 1 aromatic carbocycles. The minimum absolute atomic E-state index is 0. The van der Waals surface area contributed by atoms with Crippen LogP contribution in [0.1, 0.15) is 23.2 Å². The molecule has 126 valence electrons. The molecule has 7 heteroatoms. The number of hydrogen-bond donors (Lipinski definition) is 1. The van der Waals surface area contributed by atoms with E-state index >= 15 is 0 Å². The summed E-state index contributed by atoms with van der Waals surface area (Å²) in [5, 5.41) is 4.52. The Bertz CT molecular complexity index is 696. The first-order valence-corrected chi connectivity index (χ1v) is 7.78. The van der Waals surface area contributed by atoms with Crippen molar-refractivity contribution in [1.29, 1.82) is 0 Å². The second-order valence-electron chi connectivity index (χ2n) is 6.01. The molecule has 0 spiro atoms. The summed E-state index contributed by atoms with van der Waals surface area (Å²) in [6, 6.07) is 5.67. The number of nitrogens with zero attached hydrogens (tertiary/aromatic N) is 1. The van der Waals surface area contributed by atoms with Gasteiger partial charge in [-0.1, -0.05) is 11.6 Å². The fourth-order valence-electron chi connectivity index (χ4n) is 3.52. The Morgan fingerprint density at radius 1 is 1.26 bits per heavy atom. The second-order valence-corrected chi connectivity index (χ2v) is 6.42. The van der Waals surface area contributed by atoms with Gasteiger partial charge in [-0.2, -0.15) is 0 Å². The number of halogens is 3. The fourth-order valence-corrected chi connectivity index (χ4v) is 3.71. The van der Waals surface area contributed by atoms with Crippen LogP contribution in [0, 0.1) is 5.92 Å². The zero-order chi connectivity index (χ0) is 14.4. The minimum atomic E-state index is -0.0204. The number of carbonyl (C=O) groups excluding carboxylic acids is 1. The maximum atomic E-state index is 12.5. The normalized spacial score (nSPS) is 25.5. The first kappa shape index (κ1) is 18.4. The van der Waals surface area contributed by atoms with E-state index < -0.39 is 0 Å². The highest BCUT2D eigenvalue weighted by Gasteiger charge is 2.34. The molecular formula is C16H19Cl3N2O2. The Balaban J connectivity index is 0.000000960. The third-order valence-corrected chi connectivity index (χ3v) is 5.05. The Kier molecular flexibility index (Phi) is 5.84. The average molecular weight is 378 g/mol. The van der Waals surface area contributed by atoms with Crippen LogP contribution in [0.3, 0.4) is 0 Å². The number of rotatable bonds is 2. The summed E-state index contributed by atoms with van der Waals surface area (Å²) in [5.74, 6) is 0.605. The topological polar surface area (TPSA) is 45.5 Å². The van der Waals surface area contributed by atoms with E-state index in [0.717, 1.165) is 11.9 Å². The van der Waals surface area contributed by atoms with Crippen LogP contribution in [0.25, 0.3) is 11.0 Å². The Hall–Kier alpha value is -0.940. The molecular weight excluding hydrogens is 359 g/mol. The molecule has 1 aromatic heterocycles. The number of nitrogens with one attached hydrogen (secondary N) is 1. The Labute approximate surface area is 152 Å². The van der Waals surface area contributed by atoms with Gasteiger partial charge in [-0.3, -0.25) is 4.79 Å². The molecule has 1 amide bonds. The lowest BCUT2D eigenvalue weighted by Gasteiger charge is -2.44.